The second-order valence-corrected chi connectivity index (χ2v) is 12.1. The number of furan rings is 2. The molecular weight excluding hydrogens is 574 g/mol. The highest BCUT2D eigenvalue weighted by Gasteiger charge is 2.21. The van der Waals surface area contributed by atoms with Crippen molar-refractivity contribution >= 4 is 82.5 Å². The zero-order valence-corrected chi connectivity index (χ0v) is 25.4. The van der Waals surface area contributed by atoms with Gasteiger partial charge in [0, 0.05) is 38.5 Å². The molecule has 3 nitrogen and oxygen atoms in total. The molecule has 2 aromatic heterocycles. The fraction of sp³-hybridized carbons (Fsp3) is 0. The van der Waals surface area contributed by atoms with Crippen molar-refractivity contribution in [2.24, 2.45) is 0 Å². The zero-order chi connectivity index (χ0) is 30.9. The van der Waals surface area contributed by atoms with Crippen LogP contribution in [-0.2, 0) is 0 Å². The van der Waals surface area contributed by atoms with E-state index in [0.717, 1.165) is 71.7 Å². The molecule has 0 amide bonds. The fourth-order valence-corrected chi connectivity index (χ4v) is 7.39. The van der Waals surface area contributed by atoms with Crippen LogP contribution in [0, 0.1) is 0 Å². The Hall–Kier alpha value is -6.32. The molecule has 0 unspecified atom stereocenters. The lowest BCUT2D eigenvalue weighted by Gasteiger charge is -2.28. The van der Waals surface area contributed by atoms with Crippen molar-refractivity contribution in [1.29, 1.82) is 0 Å². The molecule has 10 rings (SSSR count). The quantitative estimate of drug-likeness (QED) is 0.201. The van der Waals surface area contributed by atoms with Gasteiger partial charge in [0.2, 0.25) is 0 Å². The summed E-state index contributed by atoms with van der Waals surface area (Å²) in [6.45, 7) is 0. The number of anilines is 3. The lowest BCUT2D eigenvalue weighted by molar-refractivity contribution is 0.668. The predicted octanol–water partition coefficient (Wildman–Crippen LogP) is 12.9. The number of benzene rings is 8. The minimum Gasteiger partial charge on any atom is -0.456 e. The van der Waals surface area contributed by atoms with Crippen LogP contribution < -0.4 is 4.90 Å². The van der Waals surface area contributed by atoms with Gasteiger partial charge in [-0.15, -0.1) is 0 Å². The first kappa shape index (κ1) is 26.0. The van der Waals surface area contributed by atoms with Crippen molar-refractivity contribution in [1.82, 2.24) is 0 Å². The molecule has 0 radical (unpaired) electrons. The van der Waals surface area contributed by atoms with E-state index in [1.54, 1.807) is 0 Å². The number of fused-ring (bicyclic) bond motifs is 10. The molecule has 3 heteroatoms. The van der Waals surface area contributed by atoms with E-state index in [2.05, 4.69) is 157 Å². The molecule has 47 heavy (non-hydrogen) atoms. The summed E-state index contributed by atoms with van der Waals surface area (Å²) in [6, 6.07) is 57.8. The highest BCUT2D eigenvalue weighted by atomic mass is 16.3. The largest absolute Gasteiger partial charge is 0.456 e. The number of rotatable bonds is 4. The van der Waals surface area contributed by atoms with Crippen molar-refractivity contribution in [2.75, 3.05) is 4.90 Å². The first-order valence-corrected chi connectivity index (χ1v) is 15.9. The first-order valence-electron chi connectivity index (χ1n) is 15.9. The molecule has 10 aromatic rings. The Balaban J connectivity index is 1.24. The van der Waals surface area contributed by atoms with Crippen LogP contribution in [0.4, 0.5) is 17.1 Å². The molecule has 0 atom stereocenters. The Morgan fingerprint density at radius 2 is 0.936 bits per heavy atom. The van der Waals surface area contributed by atoms with Crippen LogP contribution in [0.15, 0.2) is 173 Å². The second-order valence-electron chi connectivity index (χ2n) is 12.1. The van der Waals surface area contributed by atoms with Crippen molar-refractivity contribution in [3.05, 3.63) is 164 Å². The van der Waals surface area contributed by atoms with Crippen LogP contribution in [0.25, 0.3) is 76.5 Å². The third-order valence-corrected chi connectivity index (χ3v) is 9.45. The van der Waals surface area contributed by atoms with Gasteiger partial charge in [0.05, 0.1) is 5.69 Å². The normalized spacial score (nSPS) is 11.8. The van der Waals surface area contributed by atoms with E-state index in [-0.39, 0.29) is 0 Å². The maximum atomic E-state index is 6.49. The van der Waals surface area contributed by atoms with Crippen LogP contribution in [0.3, 0.4) is 0 Å². The molecule has 0 aliphatic rings. The maximum absolute atomic E-state index is 6.49. The maximum Gasteiger partial charge on any atom is 0.136 e. The molecule has 2 heterocycles. The number of nitrogens with zero attached hydrogens (tertiary/aromatic N) is 1. The van der Waals surface area contributed by atoms with Gasteiger partial charge in [-0.3, -0.25) is 0 Å². The summed E-state index contributed by atoms with van der Waals surface area (Å²) in [5.74, 6) is 0. The average Bonchev–Trinajstić information content (AvgIpc) is 3.71. The smallest absolute Gasteiger partial charge is 0.136 e. The van der Waals surface area contributed by atoms with Gasteiger partial charge >= 0.3 is 0 Å². The SMILES string of the molecule is c1ccc(N(c2ccc3oc4ccc5c(ccc6oc7ccccc7c65)c4c3c2)c2ccccc2-c2cccc3ccccc23)cc1. The van der Waals surface area contributed by atoms with Crippen LogP contribution >= 0.6 is 0 Å². The Morgan fingerprint density at radius 1 is 0.340 bits per heavy atom. The number of hydrogen-bond donors (Lipinski definition) is 0. The van der Waals surface area contributed by atoms with E-state index < -0.39 is 0 Å². The summed E-state index contributed by atoms with van der Waals surface area (Å²) in [4.78, 5) is 2.36. The van der Waals surface area contributed by atoms with Gasteiger partial charge in [0.15, 0.2) is 0 Å². The summed E-state index contributed by atoms with van der Waals surface area (Å²) in [5.41, 5.74) is 9.17. The zero-order valence-electron chi connectivity index (χ0n) is 25.4. The highest BCUT2D eigenvalue weighted by molar-refractivity contribution is 6.27. The van der Waals surface area contributed by atoms with Gasteiger partial charge in [-0.2, -0.15) is 0 Å². The predicted molar refractivity (Wildman–Crippen MR) is 196 cm³/mol. The third-order valence-electron chi connectivity index (χ3n) is 9.45. The van der Waals surface area contributed by atoms with E-state index >= 15 is 0 Å². The highest BCUT2D eigenvalue weighted by Crippen LogP contribution is 2.45. The Labute approximate surface area is 270 Å². The van der Waals surface area contributed by atoms with Gasteiger partial charge in [-0.1, -0.05) is 97.1 Å². The van der Waals surface area contributed by atoms with Gasteiger partial charge < -0.3 is 13.7 Å². The first-order chi connectivity index (χ1) is 23.3. The van der Waals surface area contributed by atoms with E-state index in [9.17, 15) is 0 Å². The van der Waals surface area contributed by atoms with E-state index in [0.29, 0.717) is 0 Å². The molecule has 0 saturated heterocycles. The Morgan fingerprint density at radius 3 is 1.77 bits per heavy atom. The molecule has 0 N–H and O–H groups in total. The molecule has 0 aliphatic heterocycles. The molecule has 0 spiro atoms. The van der Waals surface area contributed by atoms with Gasteiger partial charge in [-0.05, 0) is 93.8 Å². The van der Waals surface area contributed by atoms with Crippen molar-refractivity contribution < 1.29 is 8.83 Å². The summed E-state index contributed by atoms with van der Waals surface area (Å²) in [6.07, 6.45) is 0. The lowest BCUT2D eigenvalue weighted by Crippen LogP contribution is -2.11. The van der Waals surface area contributed by atoms with E-state index in [4.69, 9.17) is 8.83 Å². The third kappa shape index (κ3) is 3.93. The molecule has 8 aromatic carbocycles. The molecular formula is C44H27NO2. The second kappa shape index (κ2) is 10.1. The Kier molecular flexibility index (Phi) is 5.57. The van der Waals surface area contributed by atoms with E-state index in [1.807, 2.05) is 12.1 Å². The van der Waals surface area contributed by atoms with Crippen molar-refractivity contribution in [2.45, 2.75) is 0 Å². The minimum atomic E-state index is 0.865. The number of para-hydroxylation sites is 3. The topological polar surface area (TPSA) is 29.5 Å². The summed E-state index contributed by atoms with van der Waals surface area (Å²) in [5, 5.41) is 9.23. The molecule has 0 aliphatic carbocycles. The van der Waals surface area contributed by atoms with Crippen molar-refractivity contribution in [3.8, 4) is 11.1 Å². The van der Waals surface area contributed by atoms with Crippen LogP contribution in [0.2, 0.25) is 0 Å². The molecule has 220 valence electrons. The average molecular weight is 602 g/mol. The lowest BCUT2D eigenvalue weighted by atomic mass is 9.96. The van der Waals surface area contributed by atoms with Crippen LogP contribution in [0.5, 0.6) is 0 Å². The summed E-state index contributed by atoms with van der Waals surface area (Å²) < 4.78 is 12.7. The monoisotopic (exact) mass is 601 g/mol. The van der Waals surface area contributed by atoms with Gasteiger partial charge in [0.1, 0.15) is 22.3 Å². The van der Waals surface area contributed by atoms with Crippen LogP contribution in [-0.4, -0.2) is 0 Å². The standard InChI is InChI=1S/C44H27NO2/c1-2-13-29(14-3-1)45(38-19-8-6-16-33(38)32-18-10-12-28-11-4-5-15-31(28)32)30-21-24-40-37(27-30)44-35-23-25-41-43(34(35)22-26-42(44)47-40)36-17-7-9-20-39(36)46-41/h1-27H. The van der Waals surface area contributed by atoms with Crippen molar-refractivity contribution in [3.63, 3.8) is 0 Å². The molecule has 0 saturated carbocycles. The molecule has 0 fully saturated rings. The minimum absolute atomic E-state index is 0.865. The van der Waals surface area contributed by atoms with E-state index in [1.165, 1.54) is 21.9 Å². The summed E-state index contributed by atoms with van der Waals surface area (Å²) in [7, 11) is 0. The van der Waals surface area contributed by atoms with Gasteiger partial charge in [0.25, 0.3) is 0 Å². The fourth-order valence-electron chi connectivity index (χ4n) is 7.39. The summed E-state index contributed by atoms with van der Waals surface area (Å²) >= 11 is 0. The molecule has 0 bridgehead atoms. The Bertz CT molecular complexity index is 2800. The van der Waals surface area contributed by atoms with Crippen LogP contribution in [0.1, 0.15) is 0 Å². The van der Waals surface area contributed by atoms with Gasteiger partial charge in [-0.25, -0.2) is 0 Å². The number of hydrogen-bond acceptors (Lipinski definition) is 3.